The molecule has 1 aromatic heterocycles. The van der Waals surface area contributed by atoms with Crippen LogP contribution in [0.3, 0.4) is 0 Å². The fourth-order valence-corrected chi connectivity index (χ4v) is 3.83. The van der Waals surface area contributed by atoms with E-state index in [-0.39, 0.29) is 17.2 Å². The summed E-state index contributed by atoms with van der Waals surface area (Å²) in [7, 11) is 1.59. The molecule has 184 valence electrons. The number of primary amides is 1. The highest BCUT2D eigenvalue weighted by molar-refractivity contribution is 6.07. The van der Waals surface area contributed by atoms with E-state index in [0.29, 0.717) is 41.5 Å². The van der Waals surface area contributed by atoms with E-state index in [9.17, 15) is 18.4 Å². The number of methoxy groups -OCH3 is 1. The molecule has 0 fully saturated rings. The lowest BCUT2D eigenvalue weighted by Crippen LogP contribution is -2.17. The molecular formula is C26H23F2N5O3. The van der Waals surface area contributed by atoms with E-state index in [1.807, 2.05) is 6.07 Å². The van der Waals surface area contributed by atoms with Gasteiger partial charge in [0.2, 0.25) is 0 Å². The van der Waals surface area contributed by atoms with Crippen molar-refractivity contribution in [1.82, 2.24) is 9.97 Å². The minimum absolute atomic E-state index is 0.270. The Bertz CT molecular complexity index is 1430. The van der Waals surface area contributed by atoms with Crippen LogP contribution in [-0.4, -0.2) is 35.5 Å². The van der Waals surface area contributed by atoms with Crippen LogP contribution in [0.4, 0.5) is 20.3 Å². The molecule has 2 amide bonds. The summed E-state index contributed by atoms with van der Waals surface area (Å²) in [6.45, 7) is 0.421. The highest BCUT2D eigenvalue weighted by Crippen LogP contribution is 2.29. The Kier molecular flexibility index (Phi) is 7.45. The molecule has 3 aromatic carbocycles. The Morgan fingerprint density at radius 3 is 2.58 bits per heavy atom. The predicted molar refractivity (Wildman–Crippen MR) is 132 cm³/mol. The summed E-state index contributed by atoms with van der Waals surface area (Å²) in [6.07, 6.45) is 1.89. The SMILES string of the molecule is COCCC(Nc1ncnc2c(C(N)=O)cccc12)c1cccc(NC(=O)c2ccc(F)cc2F)c1. The molecule has 36 heavy (non-hydrogen) atoms. The minimum Gasteiger partial charge on any atom is -0.385 e. The van der Waals surface area contributed by atoms with Crippen molar-refractivity contribution in [3.8, 4) is 0 Å². The lowest BCUT2D eigenvalue weighted by Gasteiger charge is -2.21. The Balaban J connectivity index is 1.63. The van der Waals surface area contributed by atoms with Crippen LogP contribution in [0.15, 0.2) is 67.0 Å². The first kappa shape index (κ1) is 24.7. The smallest absolute Gasteiger partial charge is 0.258 e. The third kappa shape index (κ3) is 5.44. The van der Waals surface area contributed by atoms with E-state index in [0.717, 1.165) is 17.7 Å². The predicted octanol–water partition coefficient (Wildman–Crippen LogP) is 4.45. The normalized spacial score (nSPS) is 11.8. The zero-order valence-corrected chi connectivity index (χ0v) is 19.3. The maximum Gasteiger partial charge on any atom is 0.258 e. The van der Waals surface area contributed by atoms with Gasteiger partial charge in [0, 0.05) is 30.9 Å². The Hall–Kier alpha value is -4.44. The molecule has 0 aliphatic rings. The summed E-state index contributed by atoms with van der Waals surface area (Å²) in [5, 5.41) is 6.63. The molecule has 8 nitrogen and oxygen atoms in total. The van der Waals surface area contributed by atoms with Crippen LogP contribution in [0.1, 0.15) is 38.7 Å². The number of aromatic nitrogens is 2. The number of benzene rings is 3. The summed E-state index contributed by atoms with van der Waals surface area (Å²) >= 11 is 0. The number of fused-ring (bicyclic) bond motifs is 1. The van der Waals surface area contributed by atoms with Crippen LogP contribution in [0.2, 0.25) is 0 Å². The maximum absolute atomic E-state index is 14.0. The van der Waals surface area contributed by atoms with Crippen molar-refractivity contribution in [2.75, 3.05) is 24.4 Å². The molecule has 0 aliphatic heterocycles. The van der Waals surface area contributed by atoms with E-state index >= 15 is 0 Å². The summed E-state index contributed by atoms with van der Waals surface area (Å²) < 4.78 is 32.5. The van der Waals surface area contributed by atoms with Gasteiger partial charge in [0.25, 0.3) is 11.8 Å². The molecule has 1 heterocycles. The number of nitrogens with one attached hydrogen (secondary N) is 2. The number of amides is 2. The number of carbonyl (C=O) groups is 2. The van der Waals surface area contributed by atoms with Gasteiger partial charge in [-0.15, -0.1) is 0 Å². The topological polar surface area (TPSA) is 119 Å². The zero-order valence-electron chi connectivity index (χ0n) is 19.3. The van der Waals surface area contributed by atoms with Gasteiger partial charge in [-0.05, 0) is 48.4 Å². The standard InChI is InChI=1S/C26H23F2N5O3/c1-36-11-10-22(33-25-20-7-3-6-19(24(29)34)23(20)30-14-31-25)15-4-2-5-17(12-15)32-26(35)18-9-8-16(27)13-21(18)28/h2-9,12-14,22H,10-11H2,1H3,(H2,29,34)(H,32,35)(H,30,31,33). The van der Waals surface area contributed by atoms with Crippen molar-refractivity contribution < 1.29 is 23.1 Å². The van der Waals surface area contributed by atoms with Crippen molar-refractivity contribution in [2.24, 2.45) is 5.73 Å². The van der Waals surface area contributed by atoms with Crippen LogP contribution in [0, 0.1) is 11.6 Å². The lowest BCUT2D eigenvalue weighted by atomic mass is 10.0. The van der Waals surface area contributed by atoms with Crippen LogP contribution in [0.25, 0.3) is 10.9 Å². The Morgan fingerprint density at radius 1 is 1.03 bits per heavy atom. The number of nitrogens with zero attached hydrogens (tertiary/aromatic N) is 2. The highest BCUT2D eigenvalue weighted by atomic mass is 19.1. The van der Waals surface area contributed by atoms with Gasteiger partial charge >= 0.3 is 0 Å². The van der Waals surface area contributed by atoms with Crippen LogP contribution in [-0.2, 0) is 4.74 Å². The molecule has 0 aliphatic carbocycles. The quantitative estimate of drug-likeness (QED) is 0.318. The molecule has 1 unspecified atom stereocenters. The number of rotatable bonds is 9. The molecule has 0 spiro atoms. The Morgan fingerprint density at radius 2 is 1.83 bits per heavy atom. The first-order valence-electron chi connectivity index (χ1n) is 11.0. The van der Waals surface area contributed by atoms with Crippen LogP contribution in [0.5, 0.6) is 0 Å². The Labute approximate surface area is 205 Å². The van der Waals surface area contributed by atoms with Gasteiger partial charge in [-0.2, -0.15) is 0 Å². The zero-order chi connectivity index (χ0) is 25.7. The summed E-state index contributed by atoms with van der Waals surface area (Å²) in [6, 6.07) is 14.6. The number of ether oxygens (including phenoxy) is 1. The number of para-hydroxylation sites is 1. The molecule has 0 radical (unpaired) electrons. The van der Waals surface area contributed by atoms with Gasteiger partial charge in [-0.1, -0.05) is 18.2 Å². The van der Waals surface area contributed by atoms with Crippen molar-refractivity contribution in [1.29, 1.82) is 0 Å². The fraction of sp³-hybridized carbons (Fsp3) is 0.154. The minimum atomic E-state index is -0.950. The first-order valence-corrected chi connectivity index (χ1v) is 11.0. The summed E-state index contributed by atoms with van der Waals surface area (Å²) in [4.78, 5) is 33.0. The van der Waals surface area contributed by atoms with E-state index in [4.69, 9.17) is 10.5 Å². The van der Waals surface area contributed by atoms with E-state index in [1.165, 1.54) is 6.33 Å². The number of halogens is 2. The molecule has 0 saturated carbocycles. The van der Waals surface area contributed by atoms with Gasteiger partial charge in [-0.3, -0.25) is 9.59 Å². The molecule has 0 saturated heterocycles. The van der Waals surface area contributed by atoms with Crippen molar-refractivity contribution in [2.45, 2.75) is 12.5 Å². The average molecular weight is 491 g/mol. The molecule has 4 N–H and O–H groups in total. The van der Waals surface area contributed by atoms with E-state index in [1.54, 1.807) is 43.5 Å². The van der Waals surface area contributed by atoms with Crippen LogP contribution >= 0.6 is 0 Å². The number of anilines is 2. The highest BCUT2D eigenvalue weighted by Gasteiger charge is 2.18. The number of hydrogen-bond donors (Lipinski definition) is 3. The third-order valence-electron chi connectivity index (χ3n) is 5.57. The second-order valence-corrected chi connectivity index (χ2v) is 7.97. The van der Waals surface area contributed by atoms with Gasteiger partial charge in [0.1, 0.15) is 23.8 Å². The second kappa shape index (κ2) is 10.9. The molecule has 0 bridgehead atoms. The van der Waals surface area contributed by atoms with E-state index in [2.05, 4.69) is 20.6 Å². The first-order chi connectivity index (χ1) is 17.4. The van der Waals surface area contributed by atoms with Gasteiger partial charge in [0.15, 0.2) is 0 Å². The molecular weight excluding hydrogens is 468 g/mol. The number of carbonyl (C=O) groups excluding carboxylic acids is 2. The van der Waals surface area contributed by atoms with Crippen molar-refractivity contribution >= 4 is 34.2 Å². The third-order valence-corrected chi connectivity index (χ3v) is 5.57. The fourth-order valence-electron chi connectivity index (χ4n) is 3.83. The van der Waals surface area contributed by atoms with Crippen molar-refractivity contribution in [3.63, 3.8) is 0 Å². The molecule has 4 rings (SSSR count). The number of nitrogens with two attached hydrogens (primary N) is 1. The van der Waals surface area contributed by atoms with Crippen molar-refractivity contribution in [3.05, 3.63) is 95.3 Å². The lowest BCUT2D eigenvalue weighted by molar-refractivity contribution is 0.0998. The summed E-state index contributed by atoms with van der Waals surface area (Å²) in [5.41, 5.74) is 7.15. The largest absolute Gasteiger partial charge is 0.385 e. The maximum atomic E-state index is 14.0. The molecule has 10 heteroatoms. The average Bonchev–Trinajstić information content (AvgIpc) is 2.86. The van der Waals surface area contributed by atoms with E-state index < -0.39 is 23.4 Å². The summed E-state index contributed by atoms with van der Waals surface area (Å²) in [5.74, 6) is -2.52. The monoisotopic (exact) mass is 491 g/mol. The molecule has 4 aromatic rings. The van der Waals surface area contributed by atoms with Gasteiger partial charge < -0.3 is 21.1 Å². The second-order valence-electron chi connectivity index (χ2n) is 7.97. The van der Waals surface area contributed by atoms with Gasteiger partial charge in [0.05, 0.1) is 22.7 Å². The van der Waals surface area contributed by atoms with Gasteiger partial charge in [-0.25, -0.2) is 18.7 Å². The number of hydrogen-bond acceptors (Lipinski definition) is 6. The molecule has 1 atom stereocenters. The van der Waals surface area contributed by atoms with Crippen LogP contribution < -0.4 is 16.4 Å².